The lowest BCUT2D eigenvalue weighted by Gasteiger charge is -2.25. The molecular weight excluding hydrogens is 341 g/mol. The molecule has 0 fully saturated rings. The summed E-state index contributed by atoms with van der Waals surface area (Å²) in [6.07, 6.45) is -0.817. The van der Waals surface area contributed by atoms with Crippen LogP contribution in [0.1, 0.15) is 0 Å². The number of ether oxygens (including phenoxy) is 2. The molecule has 1 aliphatic heterocycles. The van der Waals surface area contributed by atoms with Gasteiger partial charge in [0.05, 0.1) is 5.69 Å². The number of halogens is 2. The van der Waals surface area contributed by atoms with Gasteiger partial charge in [-0.15, -0.1) is 0 Å². The standard InChI is InChI=1S/C15H11BrFNO3/c16-9-5-6-11(10(17)7-9)18-15(19)14-8-20-12-3-1-2-4-13(12)21-14/h1-7,14H,8H2,(H,18,19). The number of rotatable bonds is 2. The van der Waals surface area contributed by atoms with Crippen molar-refractivity contribution >= 4 is 27.5 Å². The molecule has 6 heteroatoms. The highest BCUT2D eigenvalue weighted by atomic mass is 79.9. The molecule has 0 spiro atoms. The van der Waals surface area contributed by atoms with Gasteiger partial charge in [-0.2, -0.15) is 0 Å². The van der Waals surface area contributed by atoms with Gasteiger partial charge < -0.3 is 14.8 Å². The van der Waals surface area contributed by atoms with Gasteiger partial charge in [-0.05, 0) is 30.3 Å². The first-order chi connectivity index (χ1) is 10.1. The summed E-state index contributed by atoms with van der Waals surface area (Å²) in [5.74, 6) is 0.122. The molecule has 1 unspecified atom stereocenters. The van der Waals surface area contributed by atoms with E-state index in [0.29, 0.717) is 16.0 Å². The lowest BCUT2D eigenvalue weighted by molar-refractivity contribution is -0.125. The summed E-state index contributed by atoms with van der Waals surface area (Å²) < 4.78 is 25.3. The lowest BCUT2D eigenvalue weighted by Crippen LogP contribution is -2.40. The molecule has 1 aliphatic rings. The Balaban J connectivity index is 1.72. The minimum Gasteiger partial charge on any atom is -0.485 e. The van der Waals surface area contributed by atoms with Gasteiger partial charge in [-0.3, -0.25) is 4.79 Å². The van der Waals surface area contributed by atoms with Crippen LogP contribution in [0, 0.1) is 5.82 Å². The molecule has 0 saturated carbocycles. The number of carbonyl (C=O) groups excluding carboxylic acids is 1. The van der Waals surface area contributed by atoms with Crippen LogP contribution in [0.25, 0.3) is 0 Å². The molecule has 0 aliphatic carbocycles. The Morgan fingerprint density at radius 2 is 2.00 bits per heavy atom. The number of carbonyl (C=O) groups is 1. The van der Waals surface area contributed by atoms with Crippen molar-refractivity contribution in [3.05, 3.63) is 52.8 Å². The number of hydrogen-bond acceptors (Lipinski definition) is 3. The number of amides is 1. The summed E-state index contributed by atoms with van der Waals surface area (Å²) in [4.78, 5) is 12.1. The fourth-order valence-corrected chi connectivity index (χ4v) is 2.29. The van der Waals surface area contributed by atoms with Crippen molar-refractivity contribution < 1.29 is 18.7 Å². The van der Waals surface area contributed by atoms with Crippen LogP contribution >= 0.6 is 15.9 Å². The van der Waals surface area contributed by atoms with Gasteiger partial charge in [-0.1, -0.05) is 28.1 Å². The van der Waals surface area contributed by atoms with Crippen LogP contribution in [0.2, 0.25) is 0 Å². The second-order valence-electron chi connectivity index (χ2n) is 4.48. The monoisotopic (exact) mass is 351 g/mol. The molecule has 1 N–H and O–H groups in total. The quantitative estimate of drug-likeness (QED) is 0.902. The topological polar surface area (TPSA) is 47.6 Å². The molecule has 0 aromatic heterocycles. The minimum absolute atomic E-state index is 0.0843. The second kappa shape index (κ2) is 5.73. The Morgan fingerprint density at radius 3 is 2.76 bits per heavy atom. The van der Waals surface area contributed by atoms with Crippen molar-refractivity contribution in [3.8, 4) is 11.5 Å². The maximum atomic E-state index is 13.7. The van der Waals surface area contributed by atoms with Gasteiger partial charge in [0.2, 0.25) is 6.10 Å². The lowest BCUT2D eigenvalue weighted by atomic mass is 10.2. The molecule has 3 rings (SSSR count). The van der Waals surface area contributed by atoms with E-state index < -0.39 is 17.8 Å². The van der Waals surface area contributed by atoms with Crippen LogP contribution in [0.4, 0.5) is 10.1 Å². The Labute approximate surface area is 129 Å². The number of fused-ring (bicyclic) bond motifs is 1. The van der Waals surface area contributed by atoms with Crippen LogP contribution < -0.4 is 14.8 Å². The van der Waals surface area contributed by atoms with E-state index in [-0.39, 0.29) is 12.3 Å². The zero-order valence-electron chi connectivity index (χ0n) is 10.8. The van der Waals surface area contributed by atoms with Gasteiger partial charge in [0.25, 0.3) is 5.91 Å². The Bertz CT molecular complexity index is 692. The highest BCUT2D eigenvalue weighted by Crippen LogP contribution is 2.31. The van der Waals surface area contributed by atoms with Gasteiger partial charge >= 0.3 is 0 Å². The Morgan fingerprint density at radius 1 is 1.24 bits per heavy atom. The molecule has 2 aromatic carbocycles. The van der Waals surface area contributed by atoms with E-state index in [1.54, 1.807) is 24.3 Å². The van der Waals surface area contributed by atoms with E-state index in [1.165, 1.54) is 12.1 Å². The maximum Gasteiger partial charge on any atom is 0.269 e. The van der Waals surface area contributed by atoms with Gasteiger partial charge in [0.15, 0.2) is 11.5 Å². The largest absolute Gasteiger partial charge is 0.485 e. The van der Waals surface area contributed by atoms with Crippen LogP contribution in [0.5, 0.6) is 11.5 Å². The summed E-state index contributed by atoms with van der Waals surface area (Å²) in [6.45, 7) is 0.0843. The molecule has 1 heterocycles. The molecule has 1 atom stereocenters. The summed E-state index contributed by atoms with van der Waals surface area (Å²) in [5.41, 5.74) is 0.102. The number of anilines is 1. The average Bonchev–Trinajstić information content (AvgIpc) is 2.49. The molecule has 1 amide bonds. The third-order valence-corrected chi connectivity index (χ3v) is 3.48. The smallest absolute Gasteiger partial charge is 0.269 e. The molecule has 0 bridgehead atoms. The second-order valence-corrected chi connectivity index (χ2v) is 5.39. The summed E-state index contributed by atoms with van der Waals surface area (Å²) in [6, 6.07) is 11.5. The minimum atomic E-state index is -0.817. The van der Waals surface area contributed by atoms with Crippen molar-refractivity contribution in [2.75, 3.05) is 11.9 Å². The Hall–Kier alpha value is -2.08. The normalized spacial score (nSPS) is 16.4. The highest BCUT2D eigenvalue weighted by Gasteiger charge is 2.27. The zero-order chi connectivity index (χ0) is 14.8. The van der Waals surface area contributed by atoms with Gasteiger partial charge in [0.1, 0.15) is 12.4 Å². The van der Waals surface area contributed by atoms with E-state index >= 15 is 0 Å². The molecule has 2 aromatic rings. The maximum absolute atomic E-state index is 13.7. The summed E-state index contributed by atoms with van der Waals surface area (Å²) >= 11 is 3.16. The highest BCUT2D eigenvalue weighted by molar-refractivity contribution is 9.10. The zero-order valence-corrected chi connectivity index (χ0v) is 12.4. The number of nitrogens with one attached hydrogen (secondary N) is 1. The van der Waals surface area contributed by atoms with Crippen molar-refractivity contribution in [1.82, 2.24) is 0 Å². The first-order valence-corrected chi connectivity index (χ1v) is 7.07. The number of benzene rings is 2. The van der Waals surface area contributed by atoms with Crippen molar-refractivity contribution in [2.24, 2.45) is 0 Å². The van der Waals surface area contributed by atoms with Crippen LogP contribution in [-0.2, 0) is 4.79 Å². The van der Waals surface area contributed by atoms with Crippen LogP contribution in [0.15, 0.2) is 46.9 Å². The Kier molecular flexibility index (Phi) is 3.79. The van der Waals surface area contributed by atoms with E-state index in [0.717, 1.165) is 0 Å². The van der Waals surface area contributed by atoms with Gasteiger partial charge in [-0.25, -0.2) is 4.39 Å². The third kappa shape index (κ3) is 3.00. The molecule has 4 nitrogen and oxygen atoms in total. The number of hydrogen-bond donors (Lipinski definition) is 1. The molecule has 108 valence electrons. The van der Waals surface area contributed by atoms with Crippen molar-refractivity contribution in [2.45, 2.75) is 6.10 Å². The van der Waals surface area contributed by atoms with E-state index in [9.17, 15) is 9.18 Å². The SMILES string of the molecule is O=C(Nc1ccc(Br)cc1F)C1COc2ccccc2O1. The summed E-state index contributed by atoms with van der Waals surface area (Å²) in [5, 5.41) is 2.50. The van der Waals surface area contributed by atoms with E-state index in [1.807, 2.05) is 6.07 Å². The van der Waals surface area contributed by atoms with Gasteiger partial charge in [0, 0.05) is 4.47 Å². The van der Waals surface area contributed by atoms with E-state index in [4.69, 9.17) is 9.47 Å². The third-order valence-electron chi connectivity index (χ3n) is 2.99. The molecule has 0 saturated heterocycles. The fourth-order valence-electron chi connectivity index (χ4n) is 1.95. The molecule has 0 radical (unpaired) electrons. The predicted octanol–water partition coefficient (Wildman–Crippen LogP) is 3.37. The van der Waals surface area contributed by atoms with E-state index in [2.05, 4.69) is 21.2 Å². The van der Waals surface area contributed by atoms with Crippen molar-refractivity contribution in [3.63, 3.8) is 0 Å². The fraction of sp³-hybridized carbons (Fsp3) is 0.133. The summed E-state index contributed by atoms with van der Waals surface area (Å²) in [7, 11) is 0. The predicted molar refractivity (Wildman–Crippen MR) is 79.1 cm³/mol. The first kappa shape index (κ1) is 13.9. The van der Waals surface area contributed by atoms with Crippen molar-refractivity contribution in [1.29, 1.82) is 0 Å². The van der Waals surface area contributed by atoms with Crippen LogP contribution in [-0.4, -0.2) is 18.6 Å². The first-order valence-electron chi connectivity index (χ1n) is 6.28. The average molecular weight is 352 g/mol. The van der Waals surface area contributed by atoms with Crippen LogP contribution in [0.3, 0.4) is 0 Å². The number of para-hydroxylation sites is 2. The molecule has 21 heavy (non-hydrogen) atoms. The molecular formula is C15H11BrFNO3.